The van der Waals surface area contributed by atoms with Gasteiger partial charge >= 0.3 is 11.9 Å². The van der Waals surface area contributed by atoms with Crippen molar-refractivity contribution >= 4 is 17.7 Å². The Kier molecular flexibility index (Phi) is 7.10. The first-order valence-electron chi connectivity index (χ1n) is 12.1. The number of rotatable bonds is 6. The van der Waals surface area contributed by atoms with Gasteiger partial charge in [-0.05, 0) is 57.9 Å². The summed E-state index contributed by atoms with van der Waals surface area (Å²) >= 11 is 0. The number of para-hydroxylation sites is 1. The van der Waals surface area contributed by atoms with E-state index in [1.807, 2.05) is 45.0 Å². The molecule has 1 heterocycles. The molecule has 0 spiro atoms. The second-order valence-electron chi connectivity index (χ2n) is 9.32. The van der Waals surface area contributed by atoms with Crippen LogP contribution < -0.4 is 10.1 Å². The van der Waals surface area contributed by atoms with Gasteiger partial charge in [-0.25, -0.2) is 4.79 Å². The van der Waals surface area contributed by atoms with Crippen LogP contribution in [0.5, 0.6) is 5.75 Å². The molecular formula is C27H33NO6. The maximum absolute atomic E-state index is 13.8. The highest BCUT2D eigenvalue weighted by Crippen LogP contribution is 2.47. The fraction of sp³-hybridized carbons (Fsp3) is 0.519. The fourth-order valence-corrected chi connectivity index (χ4v) is 5.49. The van der Waals surface area contributed by atoms with E-state index in [2.05, 4.69) is 5.32 Å². The smallest absolute Gasteiger partial charge is 0.337 e. The van der Waals surface area contributed by atoms with Crippen molar-refractivity contribution in [1.82, 2.24) is 5.32 Å². The van der Waals surface area contributed by atoms with E-state index >= 15 is 0 Å². The predicted molar refractivity (Wildman–Crippen MR) is 126 cm³/mol. The molecule has 1 aromatic rings. The number of hydrogen-bond acceptors (Lipinski definition) is 7. The number of methoxy groups -OCH3 is 1. The molecule has 0 aromatic heterocycles. The number of ether oxygens (including phenoxy) is 3. The quantitative estimate of drug-likeness (QED) is 0.496. The molecule has 2 aliphatic carbocycles. The summed E-state index contributed by atoms with van der Waals surface area (Å²) in [7, 11) is 1.29. The lowest BCUT2D eigenvalue weighted by molar-refractivity contribution is -0.151. The number of benzene rings is 1. The van der Waals surface area contributed by atoms with Gasteiger partial charge in [0.05, 0.1) is 25.2 Å². The average Bonchev–Trinajstić information content (AvgIpc) is 3.31. The standard InChI is InChI=1S/C27H33NO6/c1-5-33-20-13-9-8-12-18(20)23-22(27(31)34-17-10-6-7-11-17)16(3)28-19-14-15(2)21(26(30)32-4)25(29)24(19)23/h8-9,12-13,15,17,21,23,28H,5-7,10-11,14H2,1-4H3/t15-,21-,23+/m0/s1. The van der Waals surface area contributed by atoms with E-state index in [9.17, 15) is 14.4 Å². The second kappa shape index (κ2) is 10.0. The summed E-state index contributed by atoms with van der Waals surface area (Å²) in [5.74, 6) is -2.54. The van der Waals surface area contributed by atoms with Gasteiger partial charge in [-0.3, -0.25) is 9.59 Å². The third kappa shape index (κ3) is 4.36. The summed E-state index contributed by atoms with van der Waals surface area (Å²) < 4.78 is 16.8. The molecule has 0 amide bonds. The SMILES string of the molecule is CCOc1ccccc1[C@@H]1C(C(=O)OC2CCCC2)=C(C)NC2=C1C(=O)[C@@H](C(=O)OC)[C@@H](C)C2. The molecule has 0 unspecified atom stereocenters. The van der Waals surface area contributed by atoms with Crippen molar-refractivity contribution in [2.75, 3.05) is 13.7 Å². The van der Waals surface area contributed by atoms with E-state index in [4.69, 9.17) is 14.2 Å². The molecule has 4 rings (SSSR count). The van der Waals surface area contributed by atoms with Crippen LogP contribution in [-0.2, 0) is 23.9 Å². The number of dihydropyridines is 1. The Balaban J connectivity index is 1.84. The van der Waals surface area contributed by atoms with Gasteiger partial charge in [-0.2, -0.15) is 0 Å². The highest BCUT2D eigenvalue weighted by atomic mass is 16.5. The molecular weight excluding hydrogens is 434 g/mol. The van der Waals surface area contributed by atoms with Crippen molar-refractivity contribution in [3.05, 3.63) is 52.4 Å². The van der Waals surface area contributed by atoms with Crippen LogP contribution in [0.2, 0.25) is 0 Å². The summed E-state index contributed by atoms with van der Waals surface area (Å²) in [4.78, 5) is 39.9. The number of esters is 2. The monoisotopic (exact) mass is 467 g/mol. The molecule has 1 fully saturated rings. The third-order valence-corrected chi connectivity index (χ3v) is 7.07. The van der Waals surface area contributed by atoms with Crippen LogP contribution in [0.1, 0.15) is 64.4 Å². The van der Waals surface area contributed by atoms with Crippen LogP contribution in [-0.4, -0.2) is 37.5 Å². The molecule has 182 valence electrons. The number of Topliss-reactive ketones (excluding diaryl/α,β-unsaturated/α-hetero) is 1. The molecule has 1 aromatic carbocycles. The molecule has 7 heteroatoms. The van der Waals surface area contributed by atoms with Gasteiger partial charge in [0.2, 0.25) is 0 Å². The maximum atomic E-state index is 13.8. The van der Waals surface area contributed by atoms with Crippen molar-refractivity contribution in [2.45, 2.75) is 64.9 Å². The van der Waals surface area contributed by atoms with Gasteiger partial charge in [0.1, 0.15) is 17.8 Å². The number of nitrogens with one attached hydrogen (secondary N) is 1. The summed E-state index contributed by atoms with van der Waals surface area (Å²) in [6.07, 6.45) is 4.15. The van der Waals surface area contributed by atoms with Crippen LogP contribution in [0.15, 0.2) is 46.8 Å². The number of allylic oxidation sites excluding steroid dienone is 3. The second-order valence-corrected chi connectivity index (χ2v) is 9.32. The Hall–Kier alpha value is -3.09. The van der Waals surface area contributed by atoms with Crippen molar-refractivity contribution in [3.8, 4) is 5.75 Å². The first kappa shape index (κ1) is 24.0. The molecule has 1 saturated carbocycles. The number of carbonyl (C=O) groups excluding carboxylic acids is 3. The van der Waals surface area contributed by atoms with Gasteiger partial charge in [-0.1, -0.05) is 25.1 Å². The zero-order valence-electron chi connectivity index (χ0n) is 20.3. The van der Waals surface area contributed by atoms with Crippen LogP contribution in [0.3, 0.4) is 0 Å². The van der Waals surface area contributed by atoms with Crippen molar-refractivity contribution in [1.29, 1.82) is 0 Å². The number of carbonyl (C=O) groups is 3. The van der Waals surface area contributed by atoms with E-state index in [-0.39, 0.29) is 17.8 Å². The first-order chi connectivity index (χ1) is 16.4. The Labute approximate surface area is 200 Å². The van der Waals surface area contributed by atoms with Gasteiger partial charge in [0.15, 0.2) is 5.78 Å². The van der Waals surface area contributed by atoms with Crippen LogP contribution in [0, 0.1) is 11.8 Å². The third-order valence-electron chi connectivity index (χ3n) is 7.07. The summed E-state index contributed by atoms with van der Waals surface area (Å²) in [6.45, 7) is 6.04. The molecule has 34 heavy (non-hydrogen) atoms. The lowest BCUT2D eigenvalue weighted by Gasteiger charge is -2.38. The minimum atomic E-state index is -0.919. The number of hydrogen-bond donors (Lipinski definition) is 1. The van der Waals surface area contributed by atoms with E-state index in [0.29, 0.717) is 41.2 Å². The summed E-state index contributed by atoms with van der Waals surface area (Å²) in [5.41, 5.74) is 2.93. The summed E-state index contributed by atoms with van der Waals surface area (Å²) in [5, 5.41) is 3.31. The lowest BCUT2D eigenvalue weighted by atomic mass is 9.69. The van der Waals surface area contributed by atoms with Gasteiger partial charge in [0.25, 0.3) is 0 Å². The largest absolute Gasteiger partial charge is 0.494 e. The Morgan fingerprint density at radius 1 is 1.15 bits per heavy atom. The topological polar surface area (TPSA) is 90.9 Å². The average molecular weight is 468 g/mol. The fourth-order valence-electron chi connectivity index (χ4n) is 5.49. The van der Waals surface area contributed by atoms with E-state index in [0.717, 1.165) is 31.4 Å². The minimum absolute atomic E-state index is 0.115. The zero-order valence-corrected chi connectivity index (χ0v) is 20.3. The highest BCUT2D eigenvalue weighted by molar-refractivity contribution is 6.12. The minimum Gasteiger partial charge on any atom is -0.494 e. The molecule has 1 N–H and O–H groups in total. The van der Waals surface area contributed by atoms with Crippen molar-refractivity contribution in [3.63, 3.8) is 0 Å². The number of ketones is 1. The summed E-state index contributed by atoms with van der Waals surface area (Å²) in [6, 6.07) is 7.44. The van der Waals surface area contributed by atoms with Crippen molar-refractivity contribution < 1.29 is 28.6 Å². The normalized spacial score (nSPS) is 25.1. The Morgan fingerprint density at radius 3 is 2.53 bits per heavy atom. The molecule has 3 aliphatic rings. The lowest BCUT2D eigenvalue weighted by Crippen LogP contribution is -2.43. The Morgan fingerprint density at radius 2 is 1.85 bits per heavy atom. The van der Waals surface area contributed by atoms with Crippen LogP contribution >= 0.6 is 0 Å². The molecule has 0 bridgehead atoms. The molecule has 0 radical (unpaired) electrons. The van der Waals surface area contributed by atoms with E-state index in [1.165, 1.54) is 7.11 Å². The van der Waals surface area contributed by atoms with E-state index < -0.39 is 23.8 Å². The molecule has 7 nitrogen and oxygen atoms in total. The maximum Gasteiger partial charge on any atom is 0.337 e. The first-order valence-corrected chi connectivity index (χ1v) is 12.1. The van der Waals surface area contributed by atoms with Crippen molar-refractivity contribution in [2.24, 2.45) is 11.8 Å². The van der Waals surface area contributed by atoms with Gasteiger partial charge < -0.3 is 19.5 Å². The van der Waals surface area contributed by atoms with Crippen LogP contribution in [0.25, 0.3) is 0 Å². The molecule has 0 saturated heterocycles. The van der Waals surface area contributed by atoms with E-state index in [1.54, 1.807) is 0 Å². The Bertz CT molecular complexity index is 1050. The van der Waals surface area contributed by atoms with Crippen LogP contribution in [0.4, 0.5) is 0 Å². The molecule has 3 atom stereocenters. The van der Waals surface area contributed by atoms with Gasteiger partial charge in [0, 0.05) is 22.5 Å². The zero-order chi connectivity index (χ0) is 24.4. The highest BCUT2D eigenvalue weighted by Gasteiger charge is 2.48. The predicted octanol–water partition coefficient (Wildman–Crippen LogP) is 4.18. The molecule has 1 aliphatic heterocycles. The van der Waals surface area contributed by atoms with Gasteiger partial charge in [-0.15, -0.1) is 0 Å².